The van der Waals surface area contributed by atoms with E-state index in [4.69, 9.17) is 0 Å². The molecule has 2 aromatic rings. The number of rotatable bonds is 1. The molecule has 0 N–H and O–H groups in total. The lowest BCUT2D eigenvalue weighted by Crippen LogP contribution is -2.25. The minimum absolute atomic E-state index is 0.875. The van der Waals surface area contributed by atoms with E-state index in [2.05, 4.69) is 43.3 Å². The molecule has 3 saturated carbocycles. The van der Waals surface area contributed by atoms with Crippen molar-refractivity contribution in [2.45, 2.75) is 32.1 Å². The summed E-state index contributed by atoms with van der Waals surface area (Å²) in [6, 6.07) is 13.6. The Hall–Kier alpha value is -1.30. The molecule has 17 heavy (non-hydrogen) atoms. The van der Waals surface area contributed by atoms with Crippen LogP contribution in [0.2, 0.25) is 0 Å². The lowest BCUT2D eigenvalue weighted by Gasteiger charge is -2.37. The first-order valence-electron chi connectivity index (χ1n) is 6.83. The molecule has 0 aromatic heterocycles. The van der Waals surface area contributed by atoms with Crippen LogP contribution in [0.15, 0.2) is 36.4 Å². The second kappa shape index (κ2) is 3.35. The van der Waals surface area contributed by atoms with Crippen LogP contribution in [0.1, 0.15) is 36.3 Å². The molecule has 2 bridgehead atoms. The summed E-state index contributed by atoms with van der Waals surface area (Å²) in [6.07, 6.45) is 4.43. The predicted molar refractivity (Wildman–Crippen MR) is 72.3 cm³/mol. The van der Waals surface area contributed by atoms with Gasteiger partial charge in [0.25, 0.3) is 0 Å². The van der Waals surface area contributed by atoms with Gasteiger partial charge in [0.2, 0.25) is 0 Å². The van der Waals surface area contributed by atoms with Crippen molar-refractivity contribution in [1.82, 2.24) is 0 Å². The molecule has 0 heteroatoms. The molecular formula is C17H18. The summed E-state index contributed by atoms with van der Waals surface area (Å²) in [4.78, 5) is 0. The van der Waals surface area contributed by atoms with Crippen LogP contribution in [-0.2, 0) is 0 Å². The summed E-state index contributed by atoms with van der Waals surface area (Å²) >= 11 is 0. The SMILES string of the molecule is Cc1ccc(C2C3CCC2C3)c2ccccc12. The Labute approximate surface area is 103 Å². The first-order valence-corrected chi connectivity index (χ1v) is 6.83. The zero-order chi connectivity index (χ0) is 11.4. The predicted octanol–water partition coefficient (Wildman–Crippen LogP) is 4.66. The van der Waals surface area contributed by atoms with Crippen molar-refractivity contribution in [1.29, 1.82) is 0 Å². The van der Waals surface area contributed by atoms with E-state index in [-0.39, 0.29) is 0 Å². The van der Waals surface area contributed by atoms with Crippen LogP contribution in [0.3, 0.4) is 0 Å². The van der Waals surface area contributed by atoms with Gasteiger partial charge in [-0.15, -0.1) is 0 Å². The van der Waals surface area contributed by atoms with Gasteiger partial charge in [0.05, 0.1) is 0 Å². The number of hydrogen-bond acceptors (Lipinski definition) is 0. The minimum atomic E-state index is 0.875. The molecule has 0 spiro atoms. The first kappa shape index (κ1) is 9.70. The molecule has 3 aliphatic rings. The van der Waals surface area contributed by atoms with Crippen molar-refractivity contribution in [3.05, 3.63) is 47.5 Å². The van der Waals surface area contributed by atoms with E-state index in [1.807, 2.05) is 0 Å². The van der Waals surface area contributed by atoms with Gasteiger partial charge in [-0.1, -0.05) is 36.4 Å². The number of hydrogen-bond donors (Lipinski definition) is 0. The van der Waals surface area contributed by atoms with Gasteiger partial charge in [-0.05, 0) is 65.8 Å². The third-order valence-electron chi connectivity index (χ3n) is 5.06. The van der Waals surface area contributed by atoms with E-state index in [0.717, 1.165) is 17.8 Å². The Morgan fingerprint density at radius 2 is 1.59 bits per heavy atom. The summed E-state index contributed by atoms with van der Waals surface area (Å²) in [5.74, 6) is 2.86. The Morgan fingerprint density at radius 3 is 2.29 bits per heavy atom. The maximum Gasteiger partial charge on any atom is -0.00989 e. The minimum Gasteiger partial charge on any atom is -0.0616 e. The molecule has 3 aliphatic carbocycles. The topological polar surface area (TPSA) is 0 Å². The molecule has 2 atom stereocenters. The molecule has 86 valence electrons. The maximum absolute atomic E-state index is 2.40. The Kier molecular flexibility index (Phi) is 1.91. The molecule has 2 aromatic carbocycles. The fourth-order valence-corrected chi connectivity index (χ4v) is 4.17. The Bertz CT molecular complexity index is 568. The van der Waals surface area contributed by atoms with Crippen LogP contribution >= 0.6 is 0 Å². The Balaban J connectivity index is 1.93. The van der Waals surface area contributed by atoms with Crippen LogP contribution < -0.4 is 0 Å². The molecule has 0 aliphatic heterocycles. The molecule has 0 nitrogen and oxygen atoms in total. The van der Waals surface area contributed by atoms with Crippen LogP contribution in [0, 0.1) is 18.8 Å². The van der Waals surface area contributed by atoms with Gasteiger partial charge in [0.1, 0.15) is 0 Å². The van der Waals surface area contributed by atoms with Gasteiger partial charge in [0.15, 0.2) is 0 Å². The number of aryl methyl sites for hydroxylation is 1. The van der Waals surface area contributed by atoms with Crippen LogP contribution in [0.25, 0.3) is 10.8 Å². The van der Waals surface area contributed by atoms with Gasteiger partial charge in [-0.2, -0.15) is 0 Å². The van der Waals surface area contributed by atoms with Crippen LogP contribution in [0.4, 0.5) is 0 Å². The molecule has 0 radical (unpaired) electrons. The normalized spacial score (nSPS) is 30.5. The molecule has 0 heterocycles. The first-order chi connectivity index (χ1) is 8.34. The highest BCUT2D eigenvalue weighted by molar-refractivity contribution is 5.89. The highest BCUT2D eigenvalue weighted by atomic mass is 14.5. The average Bonchev–Trinajstić information content (AvgIpc) is 2.96. The van der Waals surface area contributed by atoms with E-state index in [1.54, 1.807) is 5.56 Å². The van der Waals surface area contributed by atoms with Crippen molar-refractivity contribution < 1.29 is 0 Å². The third-order valence-corrected chi connectivity index (χ3v) is 5.06. The van der Waals surface area contributed by atoms with Crippen LogP contribution in [0.5, 0.6) is 0 Å². The van der Waals surface area contributed by atoms with E-state index < -0.39 is 0 Å². The highest BCUT2D eigenvalue weighted by Gasteiger charge is 2.47. The average molecular weight is 222 g/mol. The van der Waals surface area contributed by atoms with E-state index >= 15 is 0 Å². The van der Waals surface area contributed by atoms with Gasteiger partial charge in [0, 0.05) is 0 Å². The second-order valence-corrected chi connectivity index (χ2v) is 5.88. The number of benzene rings is 2. The summed E-state index contributed by atoms with van der Waals surface area (Å²) in [7, 11) is 0. The van der Waals surface area contributed by atoms with Crippen molar-refractivity contribution in [3.63, 3.8) is 0 Å². The second-order valence-electron chi connectivity index (χ2n) is 5.88. The standard InChI is InChI=1S/C17H18/c1-11-6-9-16(15-5-3-2-4-14(11)15)17-12-7-8-13(17)10-12/h2-6,9,12-13,17H,7-8,10H2,1H3. The fourth-order valence-electron chi connectivity index (χ4n) is 4.17. The Morgan fingerprint density at radius 1 is 0.882 bits per heavy atom. The fraction of sp³-hybridized carbons (Fsp3) is 0.412. The van der Waals surface area contributed by atoms with Gasteiger partial charge in [-0.25, -0.2) is 0 Å². The van der Waals surface area contributed by atoms with Crippen LogP contribution in [-0.4, -0.2) is 0 Å². The van der Waals surface area contributed by atoms with Crippen molar-refractivity contribution in [2.24, 2.45) is 11.8 Å². The zero-order valence-electron chi connectivity index (χ0n) is 10.3. The third kappa shape index (κ3) is 1.24. The summed E-state index contributed by atoms with van der Waals surface area (Å²) in [5.41, 5.74) is 3.04. The maximum atomic E-state index is 2.40. The molecule has 0 amide bonds. The lowest BCUT2D eigenvalue weighted by atomic mass is 9.67. The quantitative estimate of drug-likeness (QED) is 0.658. The van der Waals surface area contributed by atoms with E-state index in [1.165, 1.54) is 35.6 Å². The summed E-state index contributed by atoms with van der Waals surface area (Å²) in [5, 5.41) is 2.96. The van der Waals surface area contributed by atoms with Gasteiger partial charge < -0.3 is 0 Å². The number of fused-ring (bicyclic) bond motifs is 2. The monoisotopic (exact) mass is 222 g/mol. The largest absolute Gasteiger partial charge is 0.0616 e. The van der Waals surface area contributed by atoms with Crippen molar-refractivity contribution in [3.8, 4) is 0 Å². The van der Waals surface area contributed by atoms with Gasteiger partial charge >= 0.3 is 0 Å². The van der Waals surface area contributed by atoms with Crippen molar-refractivity contribution >= 4 is 10.8 Å². The molecular weight excluding hydrogens is 204 g/mol. The summed E-state index contributed by atoms with van der Waals surface area (Å²) in [6.45, 7) is 2.22. The summed E-state index contributed by atoms with van der Waals surface area (Å²) < 4.78 is 0. The van der Waals surface area contributed by atoms with Gasteiger partial charge in [-0.3, -0.25) is 0 Å². The molecule has 3 fully saturated rings. The highest BCUT2D eigenvalue weighted by Crippen LogP contribution is 2.59. The molecule has 5 rings (SSSR count). The molecule has 0 saturated heterocycles. The zero-order valence-corrected chi connectivity index (χ0v) is 10.3. The van der Waals surface area contributed by atoms with Crippen molar-refractivity contribution in [2.75, 3.05) is 0 Å². The van der Waals surface area contributed by atoms with E-state index in [0.29, 0.717) is 0 Å². The van der Waals surface area contributed by atoms with E-state index in [9.17, 15) is 0 Å². The molecule has 2 unspecified atom stereocenters. The lowest BCUT2D eigenvalue weighted by molar-refractivity contribution is 0.241. The smallest absolute Gasteiger partial charge is 0.00989 e.